The van der Waals surface area contributed by atoms with Gasteiger partial charge in [0.15, 0.2) is 0 Å². The van der Waals surface area contributed by atoms with Crippen molar-refractivity contribution in [3.63, 3.8) is 0 Å². The molecule has 112 valence electrons. The number of hydrogen-bond donors (Lipinski definition) is 1. The van der Waals surface area contributed by atoms with E-state index in [2.05, 4.69) is 5.32 Å². The molecular weight excluding hydrogens is 268 g/mol. The molecule has 2 fully saturated rings. The molecule has 0 radical (unpaired) electrons. The number of benzene rings is 1. The lowest BCUT2D eigenvalue weighted by Crippen LogP contribution is -2.30. The molecule has 3 rings (SSSR count). The standard InChI is InChI=1S/C16H20N2O3/c19-15-2-1-8-18(15)14-5-3-12(4-6-14)10-17-16(20)13-7-9-21-11-13/h3-6,13H,1-2,7-11H2,(H,17,20)/t13-/m1/s1. The topological polar surface area (TPSA) is 58.6 Å². The van der Waals surface area contributed by atoms with Gasteiger partial charge < -0.3 is 15.0 Å². The molecule has 2 aliphatic heterocycles. The lowest BCUT2D eigenvalue weighted by atomic mass is 10.1. The van der Waals surface area contributed by atoms with Crippen molar-refractivity contribution in [2.75, 3.05) is 24.7 Å². The zero-order valence-electron chi connectivity index (χ0n) is 12.0. The molecule has 21 heavy (non-hydrogen) atoms. The minimum Gasteiger partial charge on any atom is -0.381 e. The Bertz CT molecular complexity index is 521. The van der Waals surface area contributed by atoms with E-state index in [1.54, 1.807) is 0 Å². The van der Waals surface area contributed by atoms with Crippen LogP contribution in [-0.4, -0.2) is 31.6 Å². The Balaban J connectivity index is 1.54. The lowest BCUT2D eigenvalue weighted by Gasteiger charge is -2.16. The lowest BCUT2D eigenvalue weighted by molar-refractivity contribution is -0.125. The van der Waals surface area contributed by atoms with Crippen molar-refractivity contribution < 1.29 is 14.3 Å². The summed E-state index contributed by atoms with van der Waals surface area (Å²) >= 11 is 0. The molecule has 5 heteroatoms. The molecule has 2 saturated heterocycles. The van der Waals surface area contributed by atoms with Crippen LogP contribution >= 0.6 is 0 Å². The third-order valence-electron chi connectivity index (χ3n) is 4.09. The maximum atomic E-state index is 11.9. The van der Waals surface area contributed by atoms with Crippen LogP contribution < -0.4 is 10.2 Å². The van der Waals surface area contributed by atoms with E-state index < -0.39 is 0 Å². The van der Waals surface area contributed by atoms with Crippen molar-refractivity contribution in [1.29, 1.82) is 0 Å². The fourth-order valence-corrected chi connectivity index (χ4v) is 2.79. The van der Waals surface area contributed by atoms with Crippen LogP contribution in [0.4, 0.5) is 5.69 Å². The van der Waals surface area contributed by atoms with E-state index in [4.69, 9.17) is 4.74 Å². The number of ether oxygens (including phenoxy) is 1. The van der Waals surface area contributed by atoms with E-state index in [1.807, 2.05) is 29.2 Å². The molecule has 2 aliphatic rings. The Morgan fingerprint density at radius 3 is 2.76 bits per heavy atom. The first-order valence-electron chi connectivity index (χ1n) is 7.49. The SMILES string of the molecule is O=C(NCc1ccc(N2CCCC2=O)cc1)[C@@H]1CCOC1. The Labute approximate surface area is 124 Å². The van der Waals surface area contributed by atoms with Gasteiger partial charge in [-0.15, -0.1) is 0 Å². The maximum absolute atomic E-state index is 11.9. The van der Waals surface area contributed by atoms with Crippen molar-refractivity contribution >= 4 is 17.5 Å². The van der Waals surface area contributed by atoms with Crippen molar-refractivity contribution in [1.82, 2.24) is 5.32 Å². The third kappa shape index (κ3) is 3.24. The van der Waals surface area contributed by atoms with Gasteiger partial charge in [-0.3, -0.25) is 9.59 Å². The Morgan fingerprint density at radius 1 is 1.33 bits per heavy atom. The zero-order chi connectivity index (χ0) is 14.7. The molecule has 0 aliphatic carbocycles. The third-order valence-corrected chi connectivity index (χ3v) is 4.09. The zero-order valence-corrected chi connectivity index (χ0v) is 12.0. The number of nitrogens with zero attached hydrogens (tertiary/aromatic N) is 1. The van der Waals surface area contributed by atoms with Gasteiger partial charge in [0, 0.05) is 31.8 Å². The van der Waals surface area contributed by atoms with Gasteiger partial charge in [-0.2, -0.15) is 0 Å². The van der Waals surface area contributed by atoms with Crippen molar-refractivity contribution in [2.24, 2.45) is 5.92 Å². The normalized spacial score (nSPS) is 21.8. The van der Waals surface area contributed by atoms with Gasteiger partial charge in [-0.25, -0.2) is 0 Å². The molecule has 2 amide bonds. The summed E-state index contributed by atoms with van der Waals surface area (Å²) in [5.41, 5.74) is 1.98. The summed E-state index contributed by atoms with van der Waals surface area (Å²) in [5.74, 6) is 0.245. The van der Waals surface area contributed by atoms with Crippen LogP contribution in [-0.2, 0) is 20.9 Å². The minimum absolute atomic E-state index is 0.00788. The summed E-state index contributed by atoms with van der Waals surface area (Å²) in [4.78, 5) is 25.4. The first-order valence-corrected chi connectivity index (χ1v) is 7.49. The van der Waals surface area contributed by atoms with Gasteiger partial charge in [0.1, 0.15) is 0 Å². The smallest absolute Gasteiger partial charge is 0.227 e. The predicted octanol–water partition coefficient (Wildman–Crippen LogP) is 1.47. The van der Waals surface area contributed by atoms with Crippen LogP contribution in [0.5, 0.6) is 0 Å². The fourth-order valence-electron chi connectivity index (χ4n) is 2.79. The quantitative estimate of drug-likeness (QED) is 0.912. The Hall–Kier alpha value is -1.88. The van der Waals surface area contributed by atoms with Gasteiger partial charge in [0.25, 0.3) is 0 Å². The molecule has 0 spiro atoms. The number of nitrogens with one attached hydrogen (secondary N) is 1. The largest absolute Gasteiger partial charge is 0.381 e. The second-order valence-electron chi connectivity index (χ2n) is 5.59. The maximum Gasteiger partial charge on any atom is 0.227 e. The van der Waals surface area contributed by atoms with Crippen LogP contribution in [0.25, 0.3) is 0 Å². The monoisotopic (exact) mass is 288 g/mol. The highest BCUT2D eigenvalue weighted by molar-refractivity contribution is 5.95. The van der Waals surface area contributed by atoms with Crippen molar-refractivity contribution in [2.45, 2.75) is 25.8 Å². The molecule has 1 N–H and O–H groups in total. The van der Waals surface area contributed by atoms with Crippen molar-refractivity contribution in [3.05, 3.63) is 29.8 Å². The molecular formula is C16H20N2O3. The molecule has 5 nitrogen and oxygen atoms in total. The van der Waals surface area contributed by atoms with E-state index in [9.17, 15) is 9.59 Å². The van der Waals surface area contributed by atoms with E-state index in [0.717, 1.165) is 30.6 Å². The molecule has 1 aromatic carbocycles. The van der Waals surface area contributed by atoms with Gasteiger partial charge >= 0.3 is 0 Å². The molecule has 2 heterocycles. The number of rotatable bonds is 4. The van der Waals surface area contributed by atoms with Crippen LogP contribution in [0.15, 0.2) is 24.3 Å². The predicted molar refractivity (Wildman–Crippen MR) is 78.8 cm³/mol. The second-order valence-corrected chi connectivity index (χ2v) is 5.59. The van der Waals surface area contributed by atoms with Gasteiger partial charge in [-0.05, 0) is 30.5 Å². The van der Waals surface area contributed by atoms with Crippen LogP contribution in [0.2, 0.25) is 0 Å². The van der Waals surface area contributed by atoms with Gasteiger partial charge in [0.2, 0.25) is 11.8 Å². The van der Waals surface area contributed by atoms with Crippen LogP contribution in [0.3, 0.4) is 0 Å². The molecule has 1 atom stereocenters. The highest BCUT2D eigenvalue weighted by Gasteiger charge is 2.23. The summed E-state index contributed by atoms with van der Waals surface area (Å²) in [7, 11) is 0. The summed E-state index contributed by atoms with van der Waals surface area (Å²) in [5, 5.41) is 2.94. The highest BCUT2D eigenvalue weighted by Crippen LogP contribution is 2.21. The minimum atomic E-state index is -0.00788. The van der Waals surface area contributed by atoms with Gasteiger partial charge in [0.05, 0.1) is 12.5 Å². The first kappa shape index (κ1) is 14.1. The van der Waals surface area contributed by atoms with Crippen LogP contribution in [0.1, 0.15) is 24.8 Å². The molecule has 1 aromatic rings. The van der Waals surface area contributed by atoms with E-state index in [-0.39, 0.29) is 17.7 Å². The molecule has 0 aromatic heterocycles. The number of carbonyl (C=O) groups excluding carboxylic acids is 2. The number of hydrogen-bond acceptors (Lipinski definition) is 3. The van der Waals surface area contributed by atoms with E-state index >= 15 is 0 Å². The molecule has 0 saturated carbocycles. The summed E-state index contributed by atoms with van der Waals surface area (Å²) in [6, 6.07) is 7.82. The molecule has 0 unspecified atom stereocenters. The van der Waals surface area contributed by atoms with E-state index in [1.165, 1.54) is 0 Å². The Kier molecular flexibility index (Phi) is 4.20. The number of amides is 2. The average molecular weight is 288 g/mol. The average Bonchev–Trinajstić information content (AvgIpc) is 3.17. The summed E-state index contributed by atoms with van der Waals surface area (Å²) < 4.78 is 5.21. The Morgan fingerprint density at radius 2 is 2.14 bits per heavy atom. The summed E-state index contributed by atoms with van der Waals surface area (Å²) in [6.07, 6.45) is 2.38. The summed E-state index contributed by atoms with van der Waals surface area (Å²) in [6.45, 7) is 2.53. The van der Waals surface area contributed by atoms with Crippen LogP contribution in [0, 0.1) is 5.92 Å². The second kappa shape index (κ2) is 6.26. The first-order chi connectivity index (χ1) is 10.2. The number of carbonyl (C=O) groups is 2. The van der Waals surface area contributed by atoms with E-state index in [0.29, 0.717) is 26.2 Å². The fraction of sp³-hybridized carbons (Fsp3) is 0.500. The molecule has 0 bridgehead atoms. The van der Waals surface area contributed by atoms with Crippen molar-refractivity contribution in [3.8, 4) is 0 Å². The van der Waals surface area contributed by atoms with Gasteiger partial charge in [-0.1, -0.05) is 12.1 Å². The highest BCUT2D eigenvalue weighted by atomic mass is 16.5. The number of anilines is 1.